The Balaban J connectivity index is 3.13. The van der Waals surface area contributed by atoms with E-state index in [2.05, 4.69) is 39.9 Å². The Morgan fingerprint density at radius 3 is 2.12 bits per heavy atom. The number of hydrogen-bond acceptors (Lipinski definition) is 2. The van der Waals surface area contributed by atoms with E-state index in [4.69, 9.17) is 4.74 Å². The summed E-state index contributed by atoms with van der Waals surface area (Å²) in [5.74, 6) is 0.743. The Kier molecular flexibility index (Phi) is 11.0. The van der Waals surface area contributed by atoms with Gasteiger partial charge in [-0.3, -0.25) is 0 Å². The summed E-state index contributed by atoms with van der Waals surface area (Å²) in [6, 6.07) is 0.621. The van der Waals surface area contributed by atoms with Crippen LogP contribution in [0, 0.1) is 5.92 Å². The summed E-state index contributed by atoms with van der Waals surface area (Å²) in [6.45, 7) is 13.2. The first kappa shape index (κ1) is 16.9. The molecule has 2 heteroatoms. The van der Waals surface area contributed by atoms with Crippen LogP contribution in [0.1, 0.15) is 66.7 Å². The number of ether oxygens (including phenoxy) is 1. The maximum absolute atomic E-state index is 5.78. The molecule has 0 rings (SSSR count). The predicted molar refractivity (Wildman–Crippen MR) is 76.5 cm³/mol. The smallest absolute Gasteiger partial charge is 0.0549 e. The molecular formula is C15H33NO. The Bertz CT molecular complexity index is 157. The van der Waals surface area contributed by atoms with E-state index in [0.717, 1.165) is 19.1 Å². The third-order valence-electron chi connectivity index (χ3n) is 2.83. The third-order valence-corrected chi connectivity index (χ3v) is 2.83. The maximum Gasteiger partial charge on any atom is 0.0549 e. The topological polar surface area (TPSA) is 21.3 Å². The lowest BCUT2D eigenvalue weighted by molar-refractivity contribution is 0.0494. The second kappa shape index (κ2) is 11.0. The summed E-state index contributed by atoms with van der Waals surface area (Å²) in [5.41, 5.74) is 0. The van der Waals surface area contributed by atoms with E-state index in [9.17, 15) is 0 Å². The fourth-order valence-corrected chi connectivity index (χ4v) is 1.99. The molecule has 1 atom stereocenters. The van der Waals surface area contributed by atoms with Crippen molar-refractivity contribution in [2.75, 3.05) is 13.2 Å². The summed E-state index contributed by atoms with van der Waals surface area (Å²) in [4.78, 5) is 0. The van der Waals surface area contributed by atoms with Crippen molar-refractivity contribution in [3.8, 4) is 0 Å². The van der Waals surface area contributed by atoms with Crippen LogP contribution < -0.4 is 5.32 Å². The van der Waals surface area contributed by atoms with Gasteiger partial charge in [0.2, 0.25) is 0 Å². The van der Waals surface area contributed by atoms with Gasteiger partial charge in [0.15, 0.2) is 0 Å². The highest BCUT2D eigenvalue weighted by Gasteiger charge is 2.04. The average molecular weight is 243 g/mol. The summed E-state index contributed by atoms with van der Waals surface area (Å²) >= 11 is 0. The first-order chi connectivity index (χ1) is 8.02. The number of unbranched alkanes of at least 4 members (excludes halogenated alkanes) is 3. The van der Waals surface area contributed by atoms with Crippen molar-refractivity contribution in [1.82, 2.24) is 5.32 Å². The van der Waals surface area contributed by atoms with Gasteiger partial charge < -0.3 is 10.1 Å². The molecule has 0 heterocycles. The van der Waals surface area contributed by atoms with Crippen LogP contribution in [-0.4, -0.2) is 25.3 Å². The zero-order chi connectivity index (χ0) is 13.1. The van der Waals surface area contributed by atoms with Crippen LogP contribution in [0.4, 0.5) is 0 Å². The van der Waals surface area contributed by atoms with Crippen molar-refractivity contribution in [3.63, 3.8) is 0 Å². The minimum atomic E-state index is 0.428. The van der Waals surface area contributed by atoms with E-state index in [0.29, 0.717) is 12.1 Å². The van der Waals surface area contributed by atoms with Gasteiger partial charge in [0.25, 0.3) is 0 Å². The van der Waals surface area contributed by atoms with E-state index in [1.165, 1.54) is 32.1 Å². The summed E-state index contributed by atoms with van der Waals surface area (Å²) < 4.78 is 5.78. The molecule has 0 aliphatic heterocycles. The average Bonchev–Trinajstić information content (AvgIpc) is 2.20. The van der Waals surface area contributed by atoms with Gasteiger partial charge in [-0.05, 0) is 38.6 Å². The van der Waals surface area contributed by atoms with Crippen molar-refractivity contribution >= 4 is 0 Å². The van der Waals surface area contributed by atoms with Crippen molar-refractivity contribution in [1.29, 1.82) is 0 Å². The van der Waals surface area contributed by atoms with Gasteiger partial charge in [0, 0.05) is 12.6 Å². The van der Waals surface area contributed by atoms with Gasteiger partial charge in [-0.25, -0.2) is 0 Å². The minimum absolute atomic E-state index is 0.428. The van der Waals surface area contributed by atoms with Gasteiger partial charge >= 0.3 is 0 Å². The van der Waals surface area contributed by atoms with Gasteiger partial charge in [0.05, 0.1) is 6.10 Å². The first-order valence-corrected chi connectivity index (χ1v) is 7.37. The molecular weight excluding hydrogens is 210 g/mol. The zero-order valence-corrected chi connectivity index (χ0v) is 12.6. The van der Waals surface area contributed by atoms with Crippen molar-refractivity contribution < 1.29 is 4.74 Å². The van der Waals surface area contributed by atoms with E-state index in [1.807, 2.05) is 0 Å². The highest BCUT2D eigenvalue weighted by molar-refractivity contribution is 4.55. The summed E-state index contributed by atoms with van der Waals surface area (Å²) in [6.07, 6.45) is 6.73. The number of nitrogens with one attached hydrogen (secondary N) is 1. The van der Waals surface area contributed by atoms with Crippen LogP contribution in [0.15, 0.2) is 0 Å². The van der Waals surface area contributed by atoms with Crippen LogP contribution in [0.25, 0.3) is 0 Å². The molecule has 0 aromatic heterocycles. The van der Waals surface area contributed by atoms with Crippen molar-refractivity contribution in [3.05, 3.63) is 0 Å². The van der Waals surface area contributed by atoms with E-state index >= 15 is 0 Å². The van der Waals surface area contributed by atoms with E-state index in [-0.39, 0.29) is 0 Å². The molecule has 0 aliphatic carbocycles. The molecule has 0 amide bonds. The summed E-state index contributed by atoms with van der Waals surface area (Å²) in [5, 5.41) is 3.44. The Labute approximate surface area is 109 Å². The second-order valence-corrected chi connectivity index (χ2v) is 5.83. The Morgan fingerprint density at radius 2 is 1.53 bits per heavy atom. The molecule has 0 spiro atoms. The lowest BCUT2D eigenvalue weighted by Gasteiger charge is -2.15. The fourth-order valence-electron chi connectivity index (χ4n) is 1.99. The van der Waals surface area contributed by atoms with Crippen molar-refractivity contribution in [2.45, 2.75) is 78.9 Å². The lowest BCUT2D eigenvalue weighted by Crippen LogP contribution is -2.23. The molecule has 0 aromatic carbocycles. The van der Waals surface area contributed by atoms with Crippen LogP contribution in [0.2, 0.25) is 0 Å². The molecule has 2 nitrogen and oxygen atoms in total. The molecule has 0 radical (unpaired) electrons. The fraction of sp³-hybridized carbons (Fsp3) is 1.00. The molecule has 104 valence electrons. The molecule has 0 aromatic rings. The summed E-state index contributed by atoms with van der Waals surface area (Å²) in [7, 11) is 0. The first-order valence-electron chi connectivity index (χ1n) is 7.37. The number of hydrogen-bond donors (Lipinski definition) is 1. The molecule has 0 fully saturated rings. The van der Waals surface area contributed by atoms with Gasteiger partial charge in [-0.1, -0.05) is 40.5 Å². The molecule has 0 bridgehead atoms. The predicted octanol–water partition coefficient (Wildman–Crippen LogP) is 4.00. The quantitative estimate of drug-likeness (QED) is 0.554. The molecule has 17 heavy (non-hydrogen) atoms. The van der Waals surface area contributed by atoms with Crippen LogP contribution in [0.3, 0.4) is 0 Å². The molecule has 0 aliphatic rings. The molecule has 0 saturated heterocycles. The van der Waals surface area contributed by atoms with Gasteiger partial charge in [-0.15, -0.1) is 0 Å². The van der Waals surface area contributed by atoms with Crippen molar-refractivity contribution in [2.24, 2.45) is 5.92 Å². The van der Waals surface area contributed by atoms with E-state index < -0.39 is 0 Å². The van der Waals surface area contributed by atoms with Gasteiger partial charge in [-0.2, -0.15) is 0 Å². The highest BCUT2D eigenvalue weighted by atomic mass is 16.5. The maximum atomic E-state index is 5.78. The minimum Gasteiger partial charge on any atom is -0.379 e. The standard InChI is InChI=1S/C15H33NO/c1-13(2)12-15(5)17-11-9-7-6-8-10-16-14(3)4/h13-16H,6-12H2,1-5H3. The third kappa shape index (κ3) is 13.9. The Morgan fingerprint density at radius 1 is 0.882 bits per heavy atom. The number of rotatable bonds is 11. The monoisotopic (exact) mass is 243 g/mol. The van der Waals surface area contributed by atoms with Crippen LogP contribution in [-0.2, 0) is 4.74 Å². The molecule has 1 N–H and O–H groups in total. The van der Waals surface area contributed by atoms with Gasteiger partial charge in [0.1, 0.15) is 0 Å². The van der Waals surface area contributed by atoms with E-state index in [1.54, 1.807) is 0 Å². The molecule has 0 saturated carbocycles. The Hall–Kier alpha value is -0.0800. The largest absolute Gasteiger partial charge is 0.379 e. The lowest BCUT2D eigenvalue weighted by atomic mass is 10.1. The highest BCUT2D eigenvalue weighted by Crippen LogP contribution is 2.08. The zero-order valence-electron chi connectivity index (χ0n) is 12.6. The van der Waals surface area contributed by atoms with Crippen LogP contribution in [0.5, 0.6) is 0 Å². The van der Waals surface area contributed by atoms with Crippen LogP contribution >= 0.6 is 0 Å². The normalized spacial score (nSPS) is 13.6. The SMILES string of the molecule is CC(C)CC(C)OCCCCCCNC(C)C. The second-order valence-electron chi connectivity index (χ2n) is 5.83. The molecule has 1 unspecified atom stereocenters.